The second kappa shape index (κ2) is 5.63. The maximum absolute atomic E-state index is 11.7. The Morgan fingerprint density at radius 2 is 2.16 bits per heavy atom. The van der Waals surface area contributed by atoms with Gasteiger partial charge in [-0.05, 0) is 18.6 Å². The van der Waals surface area contributed by atoms with Gasteiger partial charge < -0.3 is 5.11 Å². The van der Waals surface area contributed by atoms with E-state index in [1.54, 1.807) is 13.0 Å². The SMILES string of the molecule is CCc1c(O)n(CCc2ccc(Cl)s2)c(=O)[nH]c1=O. The van der Waals surface area contributed by atoms with E-state index in [0.29, 0.717) is 23.7 Å². The van der Waals surface area contributed by atoms with E-state index < -0.39 is 11.2 Å². The number of aromatic amines is 1. The molecule has 0 aliphatic carbocycles. The number of aryl methyl sites for hydroxylation is 1. The van der Waals surface area contributed by atoms with Crippen molar-refractivity contribution < 1.29 is 5.11 Å². The van der Waals surface area contributed by atoms with Gasteiger partial charge in [0.25, 0.3) is 5.56 Å². The largest absolute Gasteiger partial charge is 0.494 e. The van der Waals surface area contributed by atoms with Gasteiger partial charge in [0.05, 0.1) is 9.90 Å². The van der Waals surface area contributed by atoms with Crippen molar-refractivity contribution in [1.82, 2.24) is 9.55 Å². The van der Waals surface area contributed by atoms with Crippen molar-refractivity contribution >= 4 is 22.9 Å². The average molecular weight is 301 g/mol. The zero-order valence-corrected chi connectivity index (χ0v) is 11.8. The Morgan fingerprint density at radius 1 is 1.42 bits per heavy atom. The first-order valence-electron chi connectivity index (χ1n) is 5.82. The van der Waals surface area contributed by atoms with E-state index in [2.05, 4.69) is 4.98 Å². The lowest BCUT2D eigenvalue weighted by molar-refractivity contribution is 0.393. The second-order valence-corrected chi connectivity index (χ2v) is 5.82. The van der Waals surface area contributed by atoms with Crippen LogP contribution in [0.1, 0.15) is 17.4 Å². The van der Waals surface area contributed by atoms with Crippen LogP contribution in [0.15, 0.2) is 21.7 Å². The Balaban J connectivity index is 2.30. The van der Waals surface area contributed by atoms with Gasteiger partial charge in [0.15, 0.2) is 0 Å². The maximum atomic E-state index is 11.7. The average Bonchev–Trinajstić information content (AvgIpc) is 2.75. The third-order valence-corrected chi connectivity index (χ3v) is 4.12. The number of H-pyrrole nitrogens is 1. The molecule has 0 bridgehead atoms. The summed E-state index contributed by atoms with van der Waals surface area (Å²) in [7, 11) is 0. The van der Waals surface area contributed by atoms with E-state index in [0.717, 1.165) is 4.88 Å². The fraction of sp³-hybridized carbons (Fsp3) is 0.333. The molecule has 0 saturated heterocycles. The van der Waals surface area contributed by atoms with E-state index in [-0.39, 0.29) is 11.4 Å². The molecule has 7 heteroatoms. The molecule has 0 spiro atoms. The number of rotatable bonds is 4. The van der Waals surface area contributed by atoms with Crippen molar-refractivity contribution in [3.05, 3.63) is 47.7 Å². The molecule has 19 heavy (non-hydrogen) atoms. The lowest BCUT2D eigenvalue weighted by Crippen LogP contribution is -2.32. The topological polar surface area (TPSA) is 75.1 Å². The summed E-state index contributed by atoms with van der Waals surface area (Å²) in [5.41, 5.74) is -0.897. The molecule has 0 fully saturated rings. The number of nitrogens with one attached hydrogen (secondary N) is 1. The summed E-state index contributed by atoms with van der Waals surface area (Å²) < 4.78 is 1.86. The van der Waals surface area contributed by atoms with Gasteiger partial charge in [-0.1, -0.05) is 18.5 Å². The Hall–Kier alpha value is -1.53. The zero-order valence-electron chi connectivity index (χ0n) is 10.3. The molecule has 0 unspecified atom stereocenters. The molecule has 2 aromatic rings. The van der Waals surface area contributed by atoms with Gasteiger partial charge in [0, 0.05) is 17.8 Å². The lowest BCUT2D eigenvalue weighted by Gasteiger charge is -2.09. The molecule has 2 rings (SSSR count). The molecule has 0 radical (unpaired) electrons. The van der Waals surface area contributed by atoms with E-state index in [1.165, 1.54) is 15.9 Å². The van der Waals surface area contributed by atoms with E-state index >= 15 is 0 Å². The Kier molecular flexibility index (Phi) is 4.11. The second-order valence-electron chi connectivity index (χ2n) is 4.02. The first-order valence-corrected chi connectivity index (χ1v) is 7.01. The predicted octanol–water partition coefficient (Wildman–Crippen LogP) is 1.76. The molecule has 0 atom stereocenters. The van der Waals surface area contributed by atoms with Crippen molar-refractivity contribution in [2.24, 2.45) is 0 Å². The highest BCUT2D eigenvalue weighted by molar-refractivity contribution is 7.16. The molecule has 0 aliphatic heterocycles. The highest BCUT2D eigenvalue weighted by atomic mass is 35.5. The van der Waals surface area contributed by atoms with E-state index in [9.17, 15) is 14.7 Å². The molecular weight excluding hydrogens is 288 g/mol. The number of nitrogens with zero attached hydrogens (tertiary/aromatic N) is 1. The summed E-state index contributed by atoms with van der Waals surface area (Å²) >= 11 is 7.25. The number of aromatic nitrogens is 2. The van der Waals surface area contributed by atoms with Gasteiger partial charge in [-0.2, -0.15) is 0 Å². The summed E-state index contributed by atoms with van der Waals surface area (Å²) in [4.78, 5) is 26.4. The van der Waals surface area contributed by atoms with Crippen molar-refractivity contribution in [1.29, 1.82) is 0 Å². The summed E-state index contributed by atoms with van der Waals surface area (Å²) in [6.45, 7) is 2.05. The number of aromatic hydroxyl groups is 1. The van der Waals surface area contributed by atoms with Crippen LogP contribution < -0.4 is 11.2 Å². The highest BCUT2D eigenvalue weighted by Crippen LogP contribution is 2.22. The minimum Gasteiger partial charge on any atom is -0.494 e. The zero-order chi connectivity index (χ0) is 14.0. The summed E-state index contributed by atoms with van der Waals surface area (Å²) in [6.07, 6.45) is 0.937. The van der Waals surface area contributed by atoms with Crippen LogP contribution in [0.5, 0.6) is 5.88 Å². The predicted molar refractivity (Wildman–Crippen MR) is 75.4 cm³/mol. The van der Waals surface area contributed by atoms with Gasteiger partial charge in [-0.3, -0.25) is 14.3 Å². The van der Waals surface area contributed by atoms with Crippen LogP contribution in [0.4, 0.5) is 0 Å². The quantitative estimate of drug-likeness (QED) is 0.903. The van der Waals surface area contributed by atoms with Crippen LogP contribution in [0.3, 0.4) is 0 Å². The first-order chi connectivity index (χ1) is 9.02. The number of hydrogen-bond donors (Lipinski definition) is 2. The fourth-order valence-electron chi connectivity index (χ4n) is 1.83. The minimum atomic E-state index is -0.595. The molecule has 5 nitrogen and oxygen atoms in total. The maximum Gasteiger partial charge on any atom is 0.331 e. The first kappa shape index (κ1) is 13.9. The highest BCUT2D eigenvalue weighted by Gasteiger charge is 2.12. The lowest BCUT2D eigenvalue weighted by atomic mass is 10.2. The number of hydrogen-bond acceptors (Lipinski definition) is 4. The van der Waals surface area contributed by atoms with Crippen LogP contribution in [0.2, 0.25) is 4.34 Å². The van der Waals surface area contributed by atoms with Gasteiger partial charge >= 0.3 is 5.69 Å². The van der Waals surface area contributed by atoms with Crippen molar-refractivity contribution in [2.45, 2.75) is 26.3 Å². The third kappa shape index (κ3) is 2.90. The van der Waals surface area contributed by atoms with Gasteiger partial charge in [0.2, 0.25) is 5.88 Å². The minimum absolute atomic E-state index is 0.226. The molecule has 0 saturated carbocycles. The van der Waals surface area contributed by atoms with Crippen LogP contribution in [0.25, 0.3) is 0 Å². The van der Waals surface area contributed by atoms with E-state index in [1.807, 2.05) is 6.07 Å². The molecule has 2 heterocycles. The third-order valence-electron chi connectivity index (χ3n) is 2.83. The van der Waals surface area contributed by atoms with Crippen LogP contribution in [-0.2, 0) is 19.4 Å². The van der Waals surface area contributed by atoms with Crippen LogP contribution >= 0.6 is 22.9 Å². The van der Waals surface area contributed by atoms with Crippen molar-refractivity contribution in [2.75, 3.05) is 0 Å². The van der Waals surface area contributed by atoms with Gasteiger partial charge in [-0.15, -0.1) is 11.3 Å². The molecular formula is C12H13ClN2O3S. The number of halogens is 1. The number of thiophene rings is 1. The van der Waals surface area contributed by atoms with Crippen molar-refractivity contribution in [3.8, 4) is 5.88 Å². The standard InChI is InChI=1S/C12H13ClN2O3S/c1-2-8-10(16)14-12(18)15(11(8)17)6-5-7-3-4-9(13)19-7/h3-4,17H,2,5-6H2,1H3,(H,14,16,18). The fourth-order valence-corrected chi connectivity index (χ4v) is 2.91. The Morgan fingerprint density at radius 3 is 2.74 bits per heavy atom. The monoisotopic (exact) mass is 300 g/mol. The van der Waals surface area contributed by atoms with Crippen molar-refractivity contribution in [3.63, 3.8) is 0 Å². The molecule has 0 aromatic carbocycles. The molecule has 102 valence electrons. The molecule has 2 aromatic heterocycles. The summed E-state index contributed by atoms with van der Waals surface area (Å²) in [5, 5.41) is 9.95. The smallest absolute Gasteiger partial charge is 0.331 e. The normalized spacial score (nSPS) is 10.8. The van der Waals surface area contributed by atoms with Gasteiger partial charge in [-0.25, -0.2) is 4.79 Å². The molecule has 0 aliphatic rings. The Labute approximate surface area is 118 Å². The van der Waals surface area contributed by atoms with Gasteiger partial charge in [0.1, 0.15) is 0 Å². The summed E-state index contributed by atoms with van der Waals surface area (Å²) in [5.74, 6) is -0.251. The molecule has 2 N–H and O–H groups in total. The van der Waals surface area contributed by atoms with E-state index in [4.69, 9.17) is 11.6 Å². The Bertz CT molecular complexity index is 702. The van der Waals surface area contributed by atoms with Crippen LogP contribution in [-0.4, -0.2) is 14.7 Å². The summed E-state index contributed by atoms with van der Waals surface area (Å²) in [6, 6.07) is 3.66. The molecule has 0 amide bonds. The van der Waals surface area contributed by atoms with Crippen LogP contribution in [0, 0.1) is 0 Å².